The van der Waals surface area contributed by atoms with Gasteiger partial charge in [0.05, 0.1) is 0 Å². The van der Waals surface area contributed by atoms with Gasteiger partial charge in [-0.3, -0.25) is 0 Å². The smallest absolute Gasteiger partial charge is 0.138 e. The predicted octanol–water partition coefficient (Wildman–Crippen LogP) is 4.46. The van der Waals surface area contributed by atoms with Crippen LogP contribution in [0.2, 0.25) is 0 Å². The summed E-state index contributed by atoms with van der Waals surface area (Å²) in [7, 11) is 0. The summed E-state index contributed by atoms with van der Waals surface area (Å²) in [4.78, 5) is 0. The minimum absolute atomic E-state index is 0.231. The molecule has 102 valence electrons. The van der Waals surface area contributed by atoms with Crippen molar-refractivity contribution in [3.63, 3.8) is 0 Å². The molecule has 2 N–H and O–H groups in total. The van der Waals surface area contributed by atoms with Crippen LogP contribution in [0.4, 0.5) is 0 Å². The summed E-state index contributed by atoms with van der Waals surface area (Å²) in [6.45, 7) is 2.10. The number of aromatic hydroxyl groups is 2. The van der Waals surface area contributed by atoms with E-state index in [0.717, 1.165) is 40.7 Å². The van der Waals surface area contributed by atoms with Crippen LogP contribution in [0.5, 0.6) is 11.5 Å². The van der Waals surface area contributed by atoms with Gasteiger partial charge in [0.25, 0.3) is 0 Å². The Morgan fingerprint density at radius 2 is 1.70 bits per heavy atom. The summed E-state index contributed by atoms with van der Waals surface area (Å²) >= 11 is 0. The second kappa shape index (κ2) is 4.93. The van der Waals surface area contributed by atoms with E-state index in [1.165, 1.54) is 0 Å². The largest absolute Gasteiger partial charge is 0.508 e. The Morgan fingerprint density at radius 3 is 2.40 bits per heavy atom. The number of phenols is 2. The molecule has 3 heteroatoms. The quantitative estimate of drug-likeness (QED) is 0.737. The van der Waals surface area contributed by atoms with Crippen molar-refractivity contribution in [3.05, 3.63) is 48.0 Å². The molecule has 0 aliphatic heterocycles. The van der Waals surface area contributed by atoms with Crippen LogP contribution in [-0.2, 0) is 6.42 Å². The molecule has 1 aromatic heterocycles. The molecule has 0 bridgehead atoms. The van der Waals surface area contributed by atoms with Crippen molar-refractivity contribution < 1.29 is 14.6 Å². The van der Waals surface area contributed by atoms with Crippen molar-refractivity contribution >= 4 is 11.0 Å². The third-order valence-electron chi connectivity index (χ3n) is 3.35. The molecular formula is C17H16O3. The summed E-state index contributed by atoms with van der Waals surface area (Å²) in [6, 6.07) is 12.3. The van der Waals surface area contributed by atoms with Crippen LogP contribution < -0.4 is 0 Å². The standard InChI is InChI=1S/C17H16O3/c1-2-3-12-8-15(19)9-13-10-16(20-17(12)13)11-4-6-14(18)7-5-11/h4-10,18-19H,2-3H2,1H3. The first-order valence-electron chi connectivity index (χ1n) is 6.72. The number of hydrogen-bond donors (Lipinski definition) is 2. The lowest BCUT2D eigenvalue weighted by molar-refractivity contribution is 0.474. The molecule has 0 unspecified atom stereocenters. The second-order valence-corrected chi connectivity index (χ2v) is 4.93. The maximum absolute atomic E-state index is 9.78. The SMILES string of the molecule is CCCc1cc(O)cc2cc(-c3ccc(O)cc3)oc12. The summed E-state index contributed by atoms with van der Waals surface area (Å²) in [5.74, 6) is 1.23. The minimum atomic E-state index is 0.231. The number of benzene rings is 2. The van der Waals surface area contributed by atoms with Gasteiger partial charge in [-0.15, -0.1) is 0 Å². The van der Waals surface area contributed by atoms with Gasteiger partial charge >= 0.3 is 0 Å². The molecule has 0 fully saturated rings. The second-order valence-electron chi connectivity index (χ2n) is 4.93. The van der Waals surface area contributed by atoms with E-state index in [1.807, 2.05) is 18.2 Å². The van der Waals surface area contributed by atoms with Crippen molar-refractivity contribution in [1.29, 1.82) is 0 Å². The average Bonchev–Trinajstić information content (AvgIpc) is 2.83. The van der Waals surface area contributed by atoms with Crippen LogP contribution in [0.3, 0.4) is 0 Å². The Labute approximate surface area is 117 Å². The lowest BCUT2D eigenvalue weighted by Crippen LogP contribution is -1.83. The van der Waals surface area contributed by atoms with E-state index >= 15 is 0 Å². The summed E-state index contributed by atoms with van der Waals surface area (Å²) in [5, 5.41) is 20.0. The maximum Gasteiger partial charge on any atom is 0.138 e. The third-order valence-corrected chi connectivity index (χ3v) is 3.35. The van der Waals surface area contributed by atoms with Crippen LogP contribution in [0.15, 0.2) is 46.9 Å². The fourth-order valence-electron chi connectivity index (χ4n) is 2.43. The molecule has 3 aromatic rings. The number of aryl methyl sites for hydroxylation is 1. The summed E-state index contributed by atoms with van der Waals surface area (Å²) < 4.78 is 5.94. The third kappa shape index (κ3) is 2.23. The minimum Gasteiger partial charge on any atom is -0.508 e. The van der Waals surface area contributed by atoms with Crippen molar-refractivity contribution in [1.82, 2.24) is 0 Å². The van der Waals surface area contributed by atoms with Crippen molar-refractivity contribution in [2.45, 2.75) is 19.8 Å². The summed E-state index contributed by atoms with van der Waals surface area (Å²) in [6.07, 6.45) is 1.86. The molecule has 1 heterocycles. The molecule has 0 aliphatic carbocycles. The normalized spacial score (nSPS) is 11.1. The lowest BCUT2D eigenvalue weighted by Gasteiger charge is -2.01. The number of furan rings is 1. The van der Waals surface area contributed by atoms with E-state index < -0.39 is 0 Å². The highest BCUT2D eigenvalue weighted by atomic mass is 16.3. The monoisotopic (exact) mass is 268 g/mol. The Hall–Kier alpha value is -2.42. The van der Waals surface area contributed by atoms with Crippen molar-refractivity contribution in [2.75, 3.05) is 0 Å². The first-order valence-corrected chi connectivity index (χ1v) is 6.72. The number of hydrogen-bond acceptors (Lipinski definition) is 3. The van der Waals surface area contributed by atoms with Gasteiger partial charge < -0.3 is 14.6 Å². The van der Waals surface area contributed by atoms with E-state index in [9.17, 15) is 10.2 Å². The number of rotatable bonds is 3. The van der Waals surface area contributed by atoms with Gasteiger partial charge in [0.15, 0.2) is 0 Å². The van der Waals surface area contributed by atoms with E-state index in [1.54, 1.807) is 24.3 Å². The lowest BCUT2D eigenvalue weighted by atomic mass is 10.1. The maximum atomic E-state index is 9.78. The van der Waals surface area contributed by atoms with Gasteiger partial charge in [-0.05, 0) is 54.4 Å². The molecule has 0 spiro atoms. The zero-order valence-electron chi connectivity index (χ0n) is 11.3. The van der Waals surface area contributed by atoms with Crippen molar-refractivity contribution in [2.24, 2.45) is 0 Å². The Morgan fingerprint density at radius 1 is 0.950 bits per heavy atom. The highest BCUT2D eigenvalue weighted by Crippen LogP contribution is 2.33. The Bertz CT molecular complexity index is 739. The zero-order chi connectivity index (χ0) is 14.1. The van der Waals surface area contributed by atoms with Gasteiger partial charge in [-0.1, -0.05) is 13.3 Å². The van der Waals surface area contributed by atoms with Crippen LogP contribution in [0.25, 0.3) is 22.3 Å². The first kappa shape index (κ1) is 12.6. The molecule has 0 saturated heterocycles. The van der Waals surface area contributed by atoms with E-state index in [-0.39, 0.29) is 11.5 Å². The first-order chi connectivity index (χ1) is 9.67. The molecule has 20 heavy (non-hydrogen) atoms. The number of phenolic OH excluding ortho intramolecular Hbond substituents is 2. The molecule has 3 nitrogen and oxygen atoms in total. The summed E-state index contributed by atoms with van der Waals surface area (Å²) in [5.41, 5.74) is 2.75. The molecule has 0 atom stereocenters. The average molecular weight is 268 g/mol. The molecule has 0 amide bonds. The van der Waals surface area contributed by atoms with Crippen LogP contribution in [0, 0.1) is 0 Å². The van der Waals surface area contributed by atoms with Gasteiger partial charge in [-0.2, -0.15) is 0 Å². The Balaban J connectivity index is 2.14. The van der Waals surface area contributed by atoms with Crippen LogP contribution in [0.1, 0.15) is 18.9 Å². The van der Waals surface area contributed by atoms with Crippen LogP contribution >= 0.6 is 0 Å². The molecular weight excluding hydrogens is 252 g/mol. The fraction of sp³-hybridized carbons (Fsp3) is 0.176. The highest BCUT2D eigenvalue weighted by Gasteiger charge is 2.11. The van der Waals surface area contributed by atoms with E-state index in [0.29, 0.717) is 0 Å². The van der Waals surface area contributed by atoms with Gasteiger partial charge in [0.1, 0.15) is 22.8 Å². The van der Waals surface area contributed by atoms with Gasteiger partial charge in [0.2, 0.25) is 0 Å². The van der Waals surface area contributed by atoms with E-state index in [4.69, 9.17) is 4.42 Å². The molecule has 0 radical (unpaired) electrons. The van der Waals surface area contributed by atoms with Crippen LogP contribution in [-0.4, -0.2) is 10.2 Å². The van der Waals surface area contributed by atoms with E-state index in [2.05, 4.69) is 6.92 Å². The topological polar surface area (TPSA) is 53.6 Å². The molecule has 3 rings (SSSR count). The molecule has 0 saturated carbocycles. The Kier molecular flexibility index (Phi) is 3.11. The molecule has 0 aliphatic rings. The van der Waals surface area contributed by atoms with Gasteiger partial charge in [-0.25, -0.2) is 0 Å². The fourth-order valence-corrected chi connectivity index (χ4v) is 2.43. The number of fused-ring (bicyclic) bond motifs is 1. The molecule has 2 aromatic carbocycles. The zero-order valence-corrected chi connectivity index (χ0v) is 11.3. The van der Waals surface area contributed by atoms with Gasteiger partial charge in [0, 0.05) is 10.9 Å². The predicted molar refractivity (Wildman–Crippen MR) is 79.0 cm³/mol. The highest BCUT2D eigenvalue weighted by molar-refractivity contribution is 5.86. The van der Waals surface area contributed by atoms with Crippen molar-refractivity contribution in [3.8, 4) is 22.8 Å².